The summed E-state index contributed by atoms with van der Waals surface area (Å²) in [7, 11) is 0. The molecular formula is C19H20N6O2. The first-order valence-corrected chi connectivity index (χ1v) is 8.68. The number of carbonyl (C=O) groups is 2. The van der Waals surface area contributed by atoms with Crippen molar-refractivity contribution in [2.75, 3.05) is 23.3 Å². The third-order valence-corrected chi connectivity index (χ3v) is 5.08. The van der Waals surface area contributed by atoms with E-state index in [1.165, 1.54) is 6.08 Å². The molecule has 0 aromatic carbocycles. The molecule has 4 heterocycles. The van der Waals surface area contributed by atoms with E-state index in [4.69, 9.17) is 5.73 Å². The van der Waals surface area contributed by atoms with E-state index in [0.29, 0.717) is 24.5 Å². The van der Waals surface area contributed by atoms with Gasteiger partial charge in [0.25, 0.3) is 5.91 Å². The van der Waals surface area contributed by atoms with Crippen LogP contribution in [0.5, 0.6) is 0 Å². The highest BCUT2D eigenvalue weighted by Crippen LogP contribution is 2.37. The molecule has 2 aromatic heterocycles. The van der Waals surface area contributed by atoms with Gasteiger partial charge in [-0.2, -0.15) is 0 Å². The highest BCUT2D eigenvalue weighted by molar-refractivity contribution is 5.98. The van der Waals surface area contributed by atoms with E-state index in [9.17, 15) is 9.59 Å². The molecule has 0 saturated carbocycles. The number of fused-ring (bicyclic) bond motifs is 1. The van der Waals surface area contributed by atoms with Gasteiger partial charge in [-0.05, 0) is 37.3 Å². The van der Waals surface area contributed by atoms with Gasteiger partial charge >= 0.3 is 0 Å². The first-order valence-electron chi connectivity index (χ1n) is 8.68. The van der Waals surface area contributed by atoms with Crippen molar-refractivity contribution >= 4 is 29.1 Å². The number of hydrogen-bond donors (Lipinski definition) is 2. The number of nitrogens with one attached hydrogen (secondary N) is 1. The SMILES string of the molecule is C=CC(=O)N1CC2C1CN2c1ccc(C(N)=O)c(Nc2ccc(C)nc2)n1. The maximum Gasteiger partial charge on any atom is 0.252 e. The Balaban J connectivity index is 1.55. The van der Waals surface area contributed by atoms with Gasteiger partial charge in [-0.25, -0.2) is 4.98 Å². The summed E-state index contributed by atoms with van der Waals surface area (Å²) < 4.78 is 0. The molecular weight excluding hydrogens is 344 g/mol. The van der Waals surface area contributed by atoms with Gasteiger partial charge in [-0.1, -0.05) is 6.58 Å². The zero-order chi connectivity index (χ0) is 19.1. The summed E-state index contributed by atoms with van der Waals surface area (Å²) in [6.07, 6.45) is 3.02. The molecule has 0 radical (unpaired) electrons. The fraction of sp³-hybridized carbons (Fsp3) is 0.263. The van der Waals surface area contributed by atoms with Gasteiger partial charge in [0, 0.05) is 18.8 Å². The quantitative estimate of drug-likeness (QED) is 0.773. The summed E-state index contributed by atoms with van der Waals surface area (Å²) in [4.78, 5) is 36.3. The number of aryl methyl sites for hydroxylation is 1. The Morgan fingerprint density at radius 3 is 2.67 bits per heavy atom. The Hall–Kier alpha value is -3.42. The average molecular weight is 364 g/mol. The van der Waals surface area contributed by atoms with Gasteiger partial charge in [0.2, 0.25) is 5.91 Å². The fourth-order valence-electron chi connectivity index (χ4n) is 3.47. The Kier molecular flexibility index (Phi) is 4.02. The molecule has 2 atom stereocenters. The summed E-state index contributed by atoms with van der Waals surface area (Å²) in [6, 6.07) is 7.64. The zero-order valence-electron chi connectivity index (χ0n) is 14.9. The van der Waals surface area contributed by atoms with Crippen LogP contribution in [-0.4, -0.2) is 51.9 Å². The maximum atomic E-state index is 11.8. The number of anilines is 3. The Morgan fingerprint density at radius 1 is 1.26 bits per heavy atom. The van der Waals surface area contributed by atoms with E-state index in [0.717, 1.165) is 17.2 Å². The van der Waals surface area contributed by atoms with Crippen molar-refractivity contribution in [2.45, 2.75) is 19.0 Å². The van der Waals surface area contributed by atoms with Crippen molar-refractivity contribution in [3.8, 4) is 0 Å². The van der Waals surface area contributed by atoms with Crippen molar-refractivity contribution < 1.29 is 9.59 Å². The lowest BCUT2D eigenvalue weighted by Crippen LogP contribution is -2.80. The number of aromatic nitrogens is 2. The number of likely N-dealkylation sites (tertiary alicyclic amines) is 1. The third kappa shape index (κ3) is 2.88. The standard InChI is InChI=1S/C19H20N6O2/c1-3-17(26)25-10-14-15(25)9-24(14)16-7-6-13(18(20)27)19(23-16)22-12-5-4-11(2)21-8-12/h3-8,14-15H,1,9-10H2,2H3,(H2,20,27)(H,22,23). The van der Waals surface area contributed by atoms with E-state index in [-0.39, 0.29) is 18.0 Å². The van der Waals surface area contributed by atoms with Crippen LogP contribution in [0.15, 0.2) is 43.1 Å². The van der Waals surface area contributed by atoms with E-state index in [1.54, 1.807) is 18.3 Å². The van der Waals surface area contributed by atoms with E-state index >= 15 is 0 Å². The summed E-state index contributed by atoms with van der Waals surface area (Å²) >= 11 is 0. The summed E-state index contributed by atoms with van der Waals surface area (Å²) in [6.45, 7) is 6.79. The van der Waals surface area contributed by atoms with E-state index in [2.05, 4.69) is 26.8 Å². The lowest BCUT2D eigenvalue weighted by molar-refractivity contribution is -0.138. The highest BCUT2D eigenvalue weighted by Gasteiger charge is 2.53. The number of pyridine rings is 2. The van der Waals surface area contributed by atoms with Crippen molar-refractivity contribution in [3.05, 3.63) is 54.4 Å². The number of amides is 2. The topological polar surface area (TPSA) is 104 Å². The monoisotopic (exact) mass is 364 g/mol. The number of primary amides is 1. The number of nitrogens with two attached hydrogens (primary N) is 1. The van der Waals surface area contributed by atoms with Gasteiger partial charge in [0.05, 0.1) is 29.5 Å². The van der Waals surface area contributed by atoms with Gasteiger partial charge in [0.15, 0.2) is 0 Å². The molecule has 2 saturated heterocycles. The molecule has 2 aromatic rings. The first-order chi connectivity index (χ1) is 13.0. The van der Waals surface area contributed by atoms with Crippen molar-refractivity contribution in [1.29, 1.82) is 0 Å². The number of nitrogens with zero attached hydrogens (tertiary/aromatic N) is 4. The second kappa shape index (κ2) is 6.39. The largest absolute Gasteiger partial charge is 0.365 e. The predicted molar refractivity (Wildman–Crippen MR) is 102 cm³/mol. The zero-order valence-corrected chi connectivity index (χ0v) is 14.9. The van der Waals surface area contributed by atoms with Crippen LogP contribution in [0.25, 0.3) is 0 Å². The van der Waals surface area contributed by atoms with Gasteiger partial charge in [-0.3, -0.25) is 14.6 Å². The highest BCUT2D eigenvalue weighted by atomic mass is 16.2. The molecule has 0 spiro atoms. The van der Waals surface area contributed by atoms with Crippen LogP contribution in [0.2, 0.25) is 0 Å². The number of carbonyl (C=O) groups excluding carboxylic acids is 2. The lowest BCUT2D eigenvalue weighted by atomic mass is 9.85. The molecule has 2 fully saturated rings. The Labute approximate surface area is 156 Å². The predicted octanol–water partition coefficient (Wildman–Crippen LogP) is 1.21. The van der Waals surface area contributed by atoms with Crippen LogP contribution in [0.4, 0.5) is 17.3 Å². The molecule has 0 aliphatic carbocycles. The minimum absolute atomic E-state index is 0.0397. The average Bonchev–Trinajstić information content (AvgIpc) is 2.64. The summed E-state index contributed by atoms with van der Waals surface area (Å²) in [5.41, 5.74) is 7.42. The molecule has 2 aliphatic heterocycles. The van der Waals surface area contributed by atoms with E-state index < -0.39 is 5.91 Å². The number of hydrogen-bond acceptors (Lipinski definition) is 6. The van der Waals surface area contributed by atoms with Crippen molar-refractivity contribution in [2.24, 2.45) is 5.73 Å². The molecule has 138 valence electrons. The first kappa shape index (κ1) is 17.0. The number of rotatable bonds is 5. The third-order valence-electron chi connectivity index (χ3n) is 5.08. The molecule has 8 heteroatoms. The Morgan fingerprint density at radius 2 is 2.07 bits per heavy atom. The molecule has 27 heavy (non-hydrogen) atoms. The summed E-state index contributed by atoms with van der Waals surface area (Å²) in [5, 5.41) is 3.13. The van der Waals surface area contributed by atoms with Gasteiger partial charge in [-0.15, -0.1) is 0 Å². The maximum absolute atomic E-state index is 11.8. The molecule has 2 amide bonds. The van der Waals surface area contributed by atoms with Crippen molar-refractivity contribution in [3.63, 3.8) is 0 Å². The van der Waals surface area contributed by atoms with Gasteiger partial charge < -0.3 is 20.9 Å². The lowest BCUT2D eigenvalue weighted by Gasteiger charge is -2.62. The minimum Gasteiger partial charge on any atom is -0.365 e. The van der Waals surface area contributed by atoms with Crippen LogP contribution in [0, 0.1) is 6.92 Å². The fourth-order valence-corrected chi connectivity index (χ4v) is 3.47. The van der Waals surface area contributed by atoms with Crippen LogP contribution >= 0.6 is 0 Å². The van der Waals surface area contributed by atoms with Crippen LogP contribution in [-0.2, 0) is 4.79 Å². The minimum atomic E-state index is -0.551. The van der Waals surface area contributed by atoms with Crippen LogP contribution in [0.3, 0.4) is 0 Å². The molecule has 4 rings (SSSR count). The molecule has 2 unspecified atom stereocenters. The normalized spacial score (nSPS) is 20.2. The Bertz CT molecular complexity index is 926. The second-order valence-corrected chi connectivity index (χ2v) is 6.72. The summed E-state index contributed by atoms with van der Waals surface area (Å²) in [5.74, 6) is 0.550. The van der Waals surface area contributed by atoms with Crippen molar-refractivity contribution in [1.82, 2.24) is 14.9 Å². The van der Waals surface area contributed by atoms with Crippen LogP contribution < -0.4 is 16.0 Å². The molecule has 0 bridgehead atoms. The molecule has 3 N–H and O–H groups in total. The molecule has 8 nitrogen and oxygen atoms in total. The second-order valence-electron chi connectivity index (χ2n) is 6.72. The smallest absolute Gasteiger partial charge is 0.252 e. The number of piperazine rings is 1. The van der Waals surface area contributed by atoms with E-state index in [1.807, 2.05) is 24.0 Å². The molecule has 2 aliphatic rings. The van der Waals surface area contributed by atoms with Gasteiger partial charge in [0.1, 0.15) is 11.6 Å². The van der Waals surface area contributed by atoms with Crippen LogP contribution in [0.1, 0.15) is 16.1 Å².